The van der Waals surface area contributed by atoms with Crippen LogP contribution in [0.5, 0.6) is 0 Å². The summed E-state index contributed by atoms with van der Waals surface area (Å²) in [6, 6.07) is 7.62. The highest BCUT2D eigenvalue weighted by molar-refractivity contribution is 6.42. The molecule has 4 rings (SSSR count). The van der Waals surface area contributed by atoms with Crippen molar-refractivity contribution in [2.75, 3.05) is 0 Å². The Labute approximate surface area is 226 Å². The Balaban J connectivity index is 2.03. The number of hydrogen-bond acceptors (Lipinski definition) is 2. The number of aromatic amines is 1. The monoisotopic (exact) mass is 564 g/mol. The Morgan fingerprint density at radius 3 is 2.32 bits per heavy atom. The summed E-state index contributed by atoms with van der Waals surface area (Å²) in [5.74, 6) is -1.81. The first-order valence-corrected chi connectivity index (χ1v) is 12.2. The number of rotatable bonds is 5. The van der Waals surface area contributed by atoms with Gasteiger partial charge in [0.25, 0.3) is 12.3 Å². The van der Waals surface area contributed by atoms with Crippen LogP contribution in [-0.4, -0.2) is 26.5 Å². The van der Waals surface area contributed by atoms with Gasteiger partial charge >= 0.3 is 5.97 Å². The zero-order chi connectivity index (χ0) is 27.2. The minimum absolute atomic E-state index is 0.0836. The Hall–Kier alpha value is -3.13. The maximum absolute atomic E-state index is 14.2. The molecule has 2 aromatic heterocycles. The van der Waals surface area contributed by atoms with Gasteiger partial charge in [-0.2, -0.15) is 0 Å². The number of hydrogen-bond donors (Lipinski definition) is 2. The van der Waals surface area contributed by atoms with Crippen LogP contribution >= 0.6 is 34.8 Å². The Kier molecular flexibility index (Phi) is 7.25. The SMILES string of the molecule is CC(C)(C)c1[nH]cc(-c2c(Cl)cc(Cl)cc2Cl)c1C(=O)n1cc(C(F)F)c2c(/C=C/C(=O)O)cccc21. The molecule has 0 radical (unpaired) electrons. The van der Waals surface area contributed by atoms with Crippen LogP contribution in [0.25, 0.3) is 28.1 Å². The second-order valence-electron chi connectivity index (χ2n) is 9.42. The number of fused-ring (bicyclic) bond motifs is 1. The number of carboxylic acids is 1. The fourth-order valence-corrected chi connectivity index (χ4v) is 5.35. The van der Waals surface area contributed by atoms with E-state index in [9.17, 15) is 18.4 Å². The molecule has 0 aliphatic rings. The fraction of sp³-hybridized carbons (Fsp3) is 0.185. The van der Waals surface area contributed by atoms with Gasteiger partial charge in [-0.15, -0.1) is 0 Å². The first-order valence-electron chi connectivity index (χ1n) is 11.1. The molecule has 0 fully saturated rings. The number of alkyl halides is 2. The highest BCUT2D eigenvalue weighted by Crippen LogP contribution is 2.43. The lowest BCUT2D eigenvalue weighted by atomic mass is 9.87. The van der Waals surface area contributed by atoms with E-state index in [0.717, 1.165) is 16.8 Å². The molecule has 0 aliphatic heterocycles. The van der Waals surface area contributed by atoms with Gasteiger partial charge in [-0.3, -0.25) is 9.36 Å². The molecule has 10 heteroatoms. The summed E-state index contributed by atoms with van der Waals surface area (Å²) in [4.78, 5) is 28.4. The summed E-state index contributed by atoms with van der Waals surface area (Å²) in [7, 11) is 0. The van der Waals surface area contributed by atoms with Crippen molar-refractivity contribution >= 4 is 63.7 Å². The van der Waals surface area contributed by atoms with Crippen molar-refractivity contribution in [3.63, 3.8) is 0 Å². The predicted molar refractivity (Wildman–Crippen MR) is 143 cm³/mol. The van der Waals surface area contributed by atoms with Gasteiger partial charge in [0, 0.05) is 56.7 Å². The van der Waals surface area contributed by atoms with E-state index < -0.39 is 29.3 Å². The van der Waals surface area contributed by atoms with Gasteiger partial charge in [0.1, 0.15) is 0 Å². The molecule has 37 heavy (non-hydrogen) atoms. The summed E-state index contributed by atoms with van der Waals surface area (Å²) in [5, 5.41) is 9.87. The minimum atomic E-state index is -2.91. The van der Waals surface area contributed by atoms with E-state index in [1.54, 1.807) is 12.3 Å². The van der Waals surface area contributed by atoms with Gasteiger partial charge < -0.3 is 10.1 Å². The summed E-state index contributed by atoms with van der Waals surface area (Å²) in [5.41, 5.74) is 1.04. The molecule has 2 aromatic carbocycles. The fourth-order valence-electron chi connectivity index (χ4n) is 4.33. The molecule has 192 valence electrons. The molecule has 0 spiro atoms. The van der Waals surface area contributed by atoms with Gasteiger partial charge in [0.15, 0.2) is 0 Å². The molecule has 0 unspecified atom stereocenters. The van der Waals surface area contributed by atoms with Gasteiger partial charge in [-0.25, -0.2) is 13.6 Å². The number of aliphatic carboxylic acids is 1. The molecule has 0 saturated carbocycles. The molecule has 0 amide bonds. The summed E-state index contributed by atoms with van der Waals surface area (Å²) in [6.45, 7) is 5.70. The summed E-state index contributed by atoms with van der Waals surface area (Å²) >= 11 is 19.0. The molecular weight excluding hydrogens is 545 g/mol. The summed E-state index contributed by atoms with van der Waals surface area (Å²) < 4.78 is 29.4. The van der Waals surface area contributed by atoms with E-state index in [1.807, 2.05) is 20.8 Å². The van der Waals surface area contributed by atoms with Crippen LogP contribution in [0.2, 0.25) is 15.1 Å². The quantitative estimate of drug-likeness (QED) is 0.238. The van der Waals surface area contributed by atoms with Crippen molar-refractivity contribution in [3.05, 3.63) is 86.3 Å². The average Bonchev–Trinajstić information content (AvgIpc) is 3.39. The maximum Gasteiger partial charge on any atom is 0.328 e. The maximum atomic E-state index is 14.2. The number of aromatic nitrogens is 2. The topological polar surface area (TPSA) is 75.1 Å². The molecular formula is C27H21Cl3F2N2O3. The third kappa shape index (κ3) is 5.04. The molecule has 2 N–H and O–H groups in total. The van der Waals surface area contributed by atoms with E-state index in [-0.39, 0.29) is 32.1 Å². The predicted octanol–water partition coefficient (Wildman–Crippen LogP) is 8.62. The zero-order valence-corrected chi connectivity index (χ0v) is 22.1. The molecule has 0 atom stereocenters. The van der Waals surface area contributed by atoms with Crippen molar-refractivity contribution in [1.29, 1.82) is 0 Å². The average molecular weight is 566 g/mol. The van der Waals surface area contributed by atoms with Crippen molar-refractivity contribution in [2.45, 2.75) is 32.6 Å². The molecule has 5 nitrogen and oxygen atoms in total. The second kappa shape index (κ2) is 9.97. The Bertz CT molecular complexity index is 1560. The highest BCUT2D eigenvalue weighted by Gasteiger charge is 2.31. The van der Waals surface area contributed by atoms with Crippen LogP contribution in [-0.2, 0) is 10.2 Å². The third-order valence-electron chi connectivity index (χ3n) is 5.87. The van der Waals surface area contributed by atoms with Crippen molar-refractivity contribution in [1.82, 2.24) is 9.55 Å². The standard InChI is InChI=1S/C27H21Cl3F2N2O3/c1-27(2,3)24-23(15(11-33-24)22-17(29)9-14(28)10-18(22)30)26(37)34-12-16(25(31)32)21-13(7-8-20(35)36)5-4-6-19(21)34/h4-12,25,33H,1-3H3,(H,35,36)/b8-7+. The molecule has 4 aromatic rings. The molecule has 0 aliphatic carbocycles. The zero-order valence-electron chi connectivity index (χ0n) is 19.9. The Morgan fingerprint density at radius 2 is 1.76 bits per heavy atom. The van der Waals surface area contributed by atoms with E-state index >= 15 is 0 Å². The van der Waals surface area contributed by atoms with Crippen LogP contribution < -0.4 is 0 Å². The van der Waals surface area contributed by atoms with Gasteiger partial charge in [-0.1, -0.05) is 67.7 Å². The highest BCUT2D eigenvalue weighted by atomic mass is 35.5. The lowest BCUT2D eigenvalue weighted by molar-refractivity contribution is -0.131. The van der Waals surface area contributed by atoms with Crippen LogP contribution in [0.3, 0.4) is 0 Å². The number of carboxylic acid groups (broad SMARTS) is 1. The van der Waals surface area contributed by atoms with Crippen LogP contribution in [0, 0.1) is 0 Å². The first kappa shape index (κ1) is 26.9. The smallest absolute Gasteiger partial charge is 0.328 e. The normalized spacial score (nSPS) is 12.2. The van der Waals surface area contributed by atoms with E-state index in [4.69, 9.17) is 39.9 Å². The van der Waals surface area contributed by atoms with Crippen LogP contribution in [0.4, 0.5) is 8.78 Å². The van der Waals surface area contributed by atoms with Crippen molar-refractivity contribution in [3.8, 4) is 11.1 Å². The number of H-pyrrole nitrogens is 1. The van der Waals surface area contributed by atoms with E-state index in [1.165, 1.54) is 30.3 Å². The molecule has 2 heterocycles. The van der Waals surface area contributed by atoms with E-state index in [2.05, 4.69) is 4.98 Å². The van der Waals surface area contributed by atoms with Gasteiger partial charge in [-0.05, 0) is 29.8 Å². The van der Waals surface area contributed by atoms with Gasteiger partial charge in [0.2, 0.25) is 0 Å². The largest absolute Gasteiger partial charge is 0.478 e. The molecule has 0 bridgehead atoms. The van der Waals surface area contributed by atoms with Crippen LogP contribution in [0.15, 0.2) is 48.8 Å². The second-order valence-corrected chi connectivity index (χ2v) is 10.7. The van der Waals surface area contributed by atoms with Crippen LogP contribution in [0.1, 0.15) is 54.4 Å². The number of nitrogens with one attached hydrogen (secondary N) is 1. The number of nitrogens with zero attached hydrogens (tertiary/aromatic N) is 1. The van der Waals surface area contributed by atoms with E-state index in [0.29, 0.717) is 21.8 Å². The lowest BCUT2D eigenvalue weighted by Crippen LogP contribution is -2.20. The molecule has 0 saturated heterocycles. The Morgan fingerprint density at radius 1 is 1.11 bits per heavy atom. The number of benzene rings is 2. The van der Waals surface area contributed by atoms with Crippen molar-refractivity contribution < 1.29 is 23.5 Å². The minimum Gasteiger partial charge on any atom is -0.478 e. The van der Waals surface area contributed by atoms with Crippen molar-refractivity contribution in [2.24, 2.45) is 0 Å². The third-order valence-corrected chi connectivity index (χ3v) is 6.69. The first-order chi connectivity index (χ1) is 17.3. The summed E-state index contributed by atoms with van der Waals surface area (Å²) in [6.07, 6.45) is 1.86. The lowest BCUT2D eigenvalue weighted by Gasteiger charge is -2.20. The number of halogens is 5. The number of carbonyl (C=O) groups is 2. The van der Waals surface area contributed by atoms with Gasteiger partial charge in [0.05, 0.1) is 21.1 Å². The number of carbonyl (C=O) groups excluding carboxylic acids is 1.